The van der Waals surface area contributed by atoms with Crippen molar-refractivity contribution in [2.45, 2.75) is 32.9 Å². The van der Waals surface area contributed by atoms with E-state index in [4.69, 9.17) is 11.6 Å². The van der Waals surface area contributed by atoms with Crippen LogP contribution in [0.4, 0.5) is 13.2 Å². The van der Waals surface area contributed by atoms with Gasteiger partial charge in [0.05, 0.1) is 6.54 Å². The quantitative estimate of drug-likeness (QED) is 0.621. The van der Waals surface area contributed by atoms with Crippen LogP contribution in [0, 0.1) is 5.92 Å². The van der Waals surface area contributed by atoms with Gasteiger partial charge in [-0.15, -0.1) is 11.6 Å². The number of hydrogen-bond donors (Lipinski definition) is 0. The summed E-state index contributed by atoms with van der Waals surface area (Å²) < 4.78 is 36.5. The van der Waals surface area contributed by atoms with Gasteiger partial charge in [-0.2, -0.15) is 13.2 Å². The standard InChI is InChI=1S/C10H19ClF3N/c1-3-4-9(2)7-15(6-5-11)8-10(12,13)14/h9H,3-8H2,1-2H3. The van der Waals surface area contributed by atoms with Crippen LogP contribution in [0.3, 0.4) is 0 Å². The molecule has 0 amide bonds. The Labute approximate surface area is 94.6 Å². The van der Waals surface area contributed by atoms with Crippen LogP contribution in [0.1, 0.15) is 26.7 Å². The summed E-state index contributed by atoms with van der Waals surface area (Å²) in [6, 6.07) is 0. The van der Waals surface area contributed by atoms with Gasteiger partial charge in [-0.25, -0.2) is 0 Å². The Morgan fingerprint density at radius 2 is 1.93 bits per heavy atom. The second-order valence-electron chi connectivity index (χ2n) is 3.93. The molecule has 0 radical (unpaired) electrons. The minimum atomic E-state index is -4.13. The Balaban J connectivity index is 4.03. The van der Waals surface area contributed by atoms with Gasteiger partial charge in [-0.3, -0.25) is 4.90 Å². The monoisotopic (exact) mass is 245 g/mol. The molecule has 1 unspecified atom stereocenters. The van der Waals surface area contributed by atoms with Gasteiger partial charge in [0, 0.05) is 19.0 Å². The molecule has 1 atom stereocenters. The summed E-state index contributed by atoms with van der Waals surface area (Å²) in [6.07, 6.45) is -2.17. The highest BCUT2D eigenvalue weighted by Crippen LogP contribution is 2.18. The van der Waals surface area contributed by atoms with Crippen molar-refractivity contribution >= 4 is 11.6 Å². The highest BCUT2D eigenvalue weighted by atomic mass is 35.5. The minimum Gasteiger partial charge on any atom is -0.294 e. The molecule has 0 aromatic carbocycles. The summed E-state index contributed by atoms with van der Waals surface area (Å²) >= 11 is 5.48. The third-order valence-electron chi connectivity index (χ3n) is 2.15. The van der Waals surface area contributed by atoms with Gasteiger partial charge >= 0.3 is 6.18 Å². The highest BCUT2D eigenvalue weighted by Gasteiger charge is 2.30. The van der Waals surface area contributed by atoms with Crippen molar-refractivity contribution in [3.05, 3.63) is 0 Å². The Morgan fingerprint density at radius 3 is 2.33 bits per heavy atom. The van der Waals surface area contributed by atoms with Crippen molar-refractivity contribution < 1.29 is 13.2 Å². The largest absolute Gasteiger partial charge is 0.401 e. The third-order valence-corrected chi connectivity index (χ3v) is 2.32. The smallest absolute Gasteiger partial charge is 0.294 e. The Hall–Kier alpha value is 0.0400. The van der Waals surface area contributed by atoms with Crippen LogP contribution in [0.15, 0.2) is 0 Å². The molecule has 0 aliphatic rings. The van der Waals surface area contributed by atoms with Crippen molar-refractivity contribution in [3.8, 4) is 0 Å². The molecule has 0 heterocycles. The fourth-order valence-corrected chi connectivity index (χ4v) is 1.87. The molecule has 0 N–H and O–H groups in total. The summed E-state index contributed by atoms with van der Waals surface area (Å²) in [4.78, 5) is 1.38. The number of halogens is 4. The van der Waals surface area contributed by atoms with Crippen molar-refractivity contribution in [3.63, 3.8) is 0 Å². The molecular formula is C10H19ClF3N. The Kier molecular flexibility index (Phi) is 7.36. The average Bonchev–Trinajstić information content (AvgIpc) is 2.01. The van der Waals surface area contributed by atoms with E-state index in [2.05, 4.69) is 0 Å². The fraction of sp³-hybridized carbons (Fsp3) is 1.00. The van der Waals surface area contributed by atoms with Crippen LogP contribution in [-0.2, 0) is 0 Å². The molecule has 0 fully saturated rings. The molecule has 0 aliphatic heterocycles. The predicted molar refractivity (Wildman–Crippen MR) is 57.3 cm³/mol. The predicted octanol–water partition coefficient (Wildman–Crippen LogP) is 3.53. The molecule has 0 bridgehead atoms. The van der Waals surface area contributed by atoms with Crippen molar-refractivity contribution in [1.82, 2.24) is 4.90 Å². The lowest BCUT2D eigenvalue weighted by molar-refractivity contribution is -0.146. The van der Waals surface area contributed by atoms with E-state index in [9.17, 15) is 13.2 Å². The third kappa shape index (κ3) is 9.00. The molecular weight excluding hydrogens is 227 g/mol. The molecule has 5 heteroatoms. The van der Waals surface area contributed by atoms with Crippen LogP contribution < -0.4 is 0 Å². The van der Waals surface area contributed by atoms with Gasteiger partial charge in [0.2, 0.25) is 0 Å². The molecule has 0 spiro atoms. The average molecular weight is 246 g/mol. The zero-order valence-electron chi connectivity index (χ0n) is 9.28. The van der Waals surface area contributed by atoms with Gasteiger partial charge < -0.3 is 0 Å². The van der Waals surface area contributed by atoms with E-state index in [1.807, 2.05) is 13.8 Å². The summed E-state index contributed by atoms with van der Waals surface area (Å²) in [6.45, 7) is 3.93. The molecule has 15 heavy (non-hydrogen) atoms. The zero-order chi connectivity index (χ0) is 11.9. The Morgan fingerprint density at radius 1 is 1.33 bits per heavy atom. The van der Waals surface area contributed by atoms with Crippen LogP contribution in [0.5, 0.6) is 0 Å². The topological polar surface area (TPSA) is 3.24 Å². The number of nitrogens with zero attached hydrogens (tertiary/aromatic N) is 1. The highest BCUT2D eigenvalue weighted by molar-refractivity contribution is 6.18. The summed E-state index contributed by atoms with van der Waals surface area (Å²) in [5, 5.41) is 0. The molecule has 0 aliphatic carbocycles. The Bertz CT molecular complexity index is 161. The van der Waals surface area contributed by atoms with Gasteiger partial charge in [-0.05, 0) is 12.3 Å². The minimum absolute atomic E-state index is 0.245. The van der Waals surface area contributed by atoms with Gasteiger partial charge in [0.1, 0.15) is 0 Å². The van der Waals surface area contributed by atoms with E-state index < -0.39 is 12.7 Å². The van der Waals surface area contributed by atoms with E-state index in [0.717, 1.165) is 12.8 Å². The normalized spacial score (nSPS) is 14.6. The van der Waals surface area contributed by atoms with E-state index in [-0.39, 0.29) is 5.88 Å². The van der Waals surface area contributed by atoms with Crippen LogP contribution in [0.2, 0.25) is 0 Å². The lowest BCUT2D eigenvalue weighted by Gasteiger charge is -2.25. The van der Waals surface area contributed by atoms with E-state index in [1.54, 1.807) is 0 Å². The maximum atomic E-state index is 12.2. The molecule has 0 saturated heterocycles. The SMILES string of the molecule is CCCC(C)CN(CCCl)CC(F)(F)F. The number of alkyl halides is 4. The maximum Gasteiger partial charge on any atom is 0.401 e. The van der Waals surface area contributed by atoms with Crippen molar-refractivity contribution in [2.24, 2.45) is 5.92 Å². The molecule has 0 aromatic rings. The lowest BCUT2D eigenvalue weighted by Crippen LogP contribution is -2.38. The first-order chi connectivity index (χ1) is 6.89. The summed E-state index contributed by atoms with van der Waals surface area (Å²) in [5.74, 6) is 0.537. The van der Waals surface area contributed by atoms with Crippen LogP contribution in [0.25, 0.3) is 0 Å². The van der Waals surface area contributed by atoms with Crippen LogP contribution in [-0.4, -0.2) is 36.6 Å². The zero-order valence-corrected chi connectivity index (χ0v) is 10.0. The van der Waals surface area contributed by atoms with Gasteiger partial charge in [-0.1, -0.05) is 20.3 Å². The first-order valence-electron chi connectivity index (χ1n) is 5.24. The van der Waals surface area contributed by atoms with Crippen molar-refractivity contribution in [2.75, 3.05) is 25.5 Å². The van der Waals surface area contributed by atoms with Gasteiger partial charge in [0.15, 0.2) is 0 Å². The molecule has 1 nitrogen and oxygen atoms in total. The van der Waals surface area contributed by atoms with Crippen molar-refractivity contribution in [1.29, 1.82) is 0 Å². The van der Waals surface area contributed by atoms with E-state index >= 15 is 0 Å². The second-order valence-corrected chi connectivity index (χ2v) is 4.31. The van der Waals surface area contributed by atoms with E-state index in [0.29, 0.717) is 19.0 Å². The molecule has 0 saturated carbocycles. The first kappa shape index (κ1) is 15.0. The number of rotatable bonds is 7. The molecule has 0 rings (SSSR count). The lowest BCUT2D eigenvalue weighted by atomic mass is 10.1. The first-order valence-corrected chi connectivity index (χ1v) is 5.77. The van der Waals surface area contributed by atoms with E-state index in [1.165, 1.54) is 4.90 Å². The summed E-state index contributed by atoms with van der Waals surface area (Å²) in [7, 11) is 0. The molecule has 0 aromatic heterocycles. The maximum absolute atomic E-state index is 12.2. The number of hydrogen-bond acceptors (Lipinski definition) is 1. The fourth-order valence-electron chi connectivity index (χ4n) is 1.63. The van der Waals surface area contributed by atoms with Gasteiger partial charge in [0.25, 0.3) is 0 Å². The molecule has 92 valence electrons. The second kappa shape index (κ2) is 7.34. The van der Waals surface area contributed by atoms with Crippen LogP contribution >= 0.6 is 11.6 Å². The summed E-state index contributed by atoms with van der Waals surface area (Å²) in [5.41, 5.74) is 0.